The van der Waals surface area contributed by atoms with Gasteiger partial charge in [-0.1, -0.05) is 29.8 Å². The van der Waals surface area contributed by atoms with Crippen molar-refractivity contribution in [1.29, 1.82) is 0 Å². The summed E-state index contributed by atoms with van der Waals surface area (Å²) in [6.45, 7) is 0. The molecule has 4 N–H and O–H groups in total. The number of anilines is 1. The average molecular weight is 451 g/mol. The van der Waals surface area contributed by atoms with Gasteiger partial charge in [0.05, 0.1) is 17.8 Å². The number of rotatable bonds is 5. The summed E-state index contributed by atoms with van der Waals surface area (Å²) in [5, 5.41) is 19.1. The lowest BCUT2D eigenvalue weighted by Crippen LogP contribution is -2.28. The first kappa shape index (κ1) is 19.1. The van der Waals surface area contributed by atoms with E-state index >= 15 is 0 Å². The van der Waals surface area contributed by atoms with E-state index in [-0.39, 0.29) is 23.2 Å². The van der Waals surface area contributed by atoms with Crippen molar-refractivity contribution in [1.82, 2.24) is 29.5 Å². The van der Waals surface area contributed by atoms with Crippen LogP contribution in [0.1, 0.15) is 36.9 Å². The second kappa shape index (κ2) is 6.92. The molecule has 1 aromatic carbocycles. The van der Waals surface area contributed by atoms with E-state index in [1.165, 1.54) is 0 Å². The minimum atomic E-state index is -0.498. The summed E-state index contributed by atoms with van der Waals surface area (Å²) in [4.78, 5) is 30.4. The van der Waals surface area contributed by atoms with Gasteiger partial charge in [0, 0.05) is 10.2 Å². The topological polar surface area (TPSA) is 136 Å². The van der Waals surface area contributed by atoms with Gasteiger partial charge in [-0.3, -0.25) is 4.98 Å². The van der Waals surface area contributed by atoms with Gasteiger partial charge in [0.1, 0.15) is 5.69 Å². The molecule has 3 aromatic heterocycles. The Labute approximate surface area is 185 Å². The quantitative estimate of drug-likeness (QED) is 0.361. The summed E-state index contributed by atoms with van der Waals surface area (Å²) in [7, 11) is 0. The third-order valence-corrected chi connectivity index (χ3v) is 6.08. The molecule has 4 aromatic rings. The van der Waals surface area contributed by atoms with Crippen LogP contribution in [0.15, 0.2) is 40.2 Å². The van der Waals surface area contributed by atoms with Crippen LogP contribution in [0.4, 0.5) is 5.95 Å². The highest BCUT2D eigenvalue weighted by Gasteiger charge is 2.46. The molecular formula is C21H19ClN8O2. The summed E-state index contributed by atoms with van der Waals surface area (Å²) in [6.07, 6.45) is 7.08. The number of aromatic hydroxyl groups is 1. The molecule has 0 saturated heterocycles. The Kier molecular flexibility index (Phi) is 4.12. The molecule has 0 unspecified atom stereocenters. The standard InChI is InChI=1S/C21H19ClN8O2/c22-14-4-2-1-3-13(14)21(7-8-21)29-18-26-16-11(9-15-17(31)27-20(32)25-15)10-23-30(16)19(28-18)24-12-5-6-12/h1-4,9-10,12,31H,5-8H2,(H,24,28,29)(H2,25,27,32)/b11-9+. The van der Waals surface area contributed by atoms with Crippen molar-refractivity contribution in [2.24, 2.45) is 4.99 Å². The predicted molar refractivity (Wildman–Crippen MR) is 117 cm³/mol. The Morgan fingerprint density at radius 1 is 1.25 bits per heavy atom. The van der Waals surface area contributed by atoms with Gasteiger partial charge in [-0.2, -0.15) is 19.6 Å². The number of hydrogen-bond donors (Lipinski definition) is 4. The third-order valence-electron chi connectivity index (χ3n) is 5.75. The number of imidazole rings is 1. The minimum absolute atomic E-state index is 0.237. The van der Waals surface area contributed by atoms with E-state index in [0.717, 1.165) is 31.2 Å². The van der Waals surface area contributed by atoms with Gasteiger partial charge in [-0.15, -0.1) is 0 Å². The first-order valence-electron chi connectivity index (χ1n) is 10.4. The Bertz CT molecular complexity index is 1530. The van der Waals surface area contributed by atoms with E-state index in [1.807, 2.05) is 24.3 Å². The molecule has 3 heterocycles. The fraction of sp³-hybridized carbons (Fsp3) is 0.286. The molecule has 6 rings (SSSR count). The van der Waals surface area contributed by atoms with Gasteiger partial charge in [0.15, 0.2) is 5.65 Å². The second-order valence-corrected chi connectivity index (χ2v) is 8.62. The largest absolute Gasteiger partial charge is 0.493 e. The molecule has 32 heavy (non-hydrogen) atoms. The van der Waals surface area contributed by atoms with Gasteiger partial charge in [0.2, 0.25) is 11.8 Å². The van der Waals surface area contributed by atoms with Crippen molar-refractivity contribution in [3.05, 3.63) is 68.1 Å². The van der Waals surface area contributed by atoms with Crippen molar-refractivity contribution >= 4 is 29.3 Å². The van der Waals surface area contributed by atoms with Crippen molar-refractivity contribution in [3.63, 3.8) is 0 Å². The number of nitrogens with zero attached hydrogens (tertiary/aromatic N) is 5. The maximum Gasteiger partial charge on any atom is 0.326 e. The molecule has 11 heteroatoms. The Balaban J connectivity index is 1.50. The molecule has 0 atom stereocenters. The molecule has 10 nitrogen and oxygen atoms in total. The van der Waals surface area contributed by atoms with Crippen LogP contribution in [0.5, 0.6) is 5.88 Å². The van der Waals surface area contributed by atoms with Gasteiger partial charge in [-0.25, -0.2) is 9.79 Å². The van der Waals surface area contributed by atoms with E-state index in [9.17, 15) is 9.90 Å². The molecule has 0 spiro atoms. The summed E-state index contributed by atoms with van der Waals surface area (Å²) < 4.78 is 1.58. The average Bonchev–Trinajstić information content (AvgIpc) is 3.67. The Morgan fingerprint density at radius 3 is 2.75 bits per heavy atom. The normalized spacial score (nSPS) is 18.4. The molecule has 0 radical (unpaired) electrons. The lowest BCUT2D eigenvalue weighted by molar-refractivity contribution is 0.454. The minimum Gasteiger partial charge on any atom is -0.493 e. The zero-order valence-electron chi connectivity index (χ0n) is 16.8. The Morgan fingerprint density at radius 2 is 2.06 bits per heavy atom. The lowest BCUT2D eigenvalue weighted by atomic mass is 10.1. The molecule has 0 amide bonds. The number of benzene rings is 1. The zero-order valence-corrected chi connectivity index (χ0v) is 17.6. The fourth-order valence-electron chi connectivity index (χ4n) is 3.79. The molecule has 2 aliphatic carbocycles. The van der Waals surface area contributed by atoms with Crippen LogP contribution in [-0.4, -0.2) is 40.7 Å². The molecule has 2 aliphatic rings. The monoisotopic (exact) mass is 450 g/mol. The van der Waals surface area contributed by atoms with Crippen molar-refractivity contribution < 1.29 is 5.11 Å². The maximum atomic E-state index is 11.5. The first-order valence-corrected chi connectivity index (χ1v) is 10.7. The number of halogens is 1. The highest BCUT2D eigenvalue weighted by Crippen LogP contribution is 2.49. The summed E-state index contributed by atoms with van der Waals surface area (Å²) in [5.41, 5.74) is 1.41. The van der Waals surface area contributed by atoms with Gasteiger partial charge < -0.3 is 15.4 Å². The van der Waals surface area contributed by atoms with Crippen LogP contribution in [0, 0.1) is 0 Å². The summed E-state index contributed by atoms with van der Waals surface area (Å²) in [5.74, 6) is 0.177. The smallest absolute Gasteiger partial charge is 0.326 e. The van der Waals surface area contributed by atoms with Gasteiger partial charge in [0.25, 0.3) is 5.62 Å². The third kappa shape index (κ3) is 3.32. The lowest BCUT2D eigenvalue weighted by Gasteiger charge is -2.19. The number of fused-ring (bicyclic) bond motifs is 1. The van der Waals surface area contributed by atoms with E-state index in [2.05, 4.69) is 25.4 Å². The highest BCUT2D eigenvalue weighted by atomic mass is 35.5. The fourth-order valence-corrected chi connectivity index (χ4v) is 4.10. The van der Waals surface area contributed by atoms with Crippen LogP contribution in [0.25, 0.3) is 11.7 Å². The molecule has 0 aliphatic heterocycles. The number of aromatic amines is 2. The van der Waals surface area contributed by atoms with E-state index in [4.69, 9.17) is 21.6 Å². The SMILES string of the molecule is O=c1[nH]c(O)c(/C=c2\cnn3c(=NC4CC4)nc(NC4(c5ccccc5Cl)CC4)nc23)[nH]1. The highest BCUT2D eigenvalue weighted by molar-refractivity contribution is 6.31. The van der Waals surface area contributed by atoms with Crippen molar-refractivity contribution in [2.75, 3.05) is 5.32 Å². The predicted octanol–water partition coefficient (Wildman–Crippen LogP) is 1.21. The summed E-state index contributed by atoms with van der Waals surface area (Å²) in [6, 6.07) is 8.01. The van der Waals surface area contributed by atoms with Crippen LogP contribution < -0.4 is 21.8 Å². The van der Waals surface area contributed by atoms with Crippen molar-refractivity contribution in [2.45, 2.75) is 37.3 Å². The molecule has 2 fully saturated rings. The number of H-pyrrole nitrogens is 2. The molecule has 162 valence electrons. The number of aromatic nitrogens is 6. The number of nitrogens with one attached hydrogen (secondary N) is 3. The molecule has 2 saturated carbocycles. The van der Waals surface area contributed by atoms with Crippen LogP contribution in [0.3, 0.4) is 0 Å². The first-order chi connectivity index (χ1) is 15.5. The zero-order chi connectivity index (χ0) is 21.9. The maximum absolute atomic E-state index is 11.5. The van der Waals surface area contributed by atoms with Crippen molar-refractivity contribution in [3.8, 4) is 5.88 Å². The van der Waals surface area contributed by atoms with E-state index in [1.54, 1.807) is 16.8 Å². The van der Waals surface area contributed by atoms with Crippen LogP contribution in [-0.2, 0) is 5.54 Å². The second-order valence-electron chi connectivity index (χ2n) is 8.22. The van der Waals surface area contributed by atoms with E-state index < -0.39 is 5.69 Å². The molecule has 0 bridgehead atoms. The Hall–Kier alpha value is -3.66. The van der Waals surface area contributed by atoms with E-state index in [0.29, 0.717) is 27.5 Å². The molecular weight excluding hydrogens is 432 g/mol. The van der Waals surface area contributed by atoms with Gasteiger partial charge >= 0.3 is 5.69 Å². The van der Waals surface area contributed by atoms with Crippen LogP contribution in [0.2, 0.25) is 5.02 Å². The summed E-state index contributed by atoms with van der Waals surface area (Å²) >= 11 is 6.46. The van der Waals surface area contributed by atoms with Crippen LogP contribution >= 0.6 is 11.6 Å². The number of hydrogen-bond acceptors (Lipinski definition) is 7. The van der Waals surface area contributed by atoms with Gasteiger partial charge in [-0.05, 0) is 43.4 Å².